The zero-order valence-electron chi connectivity index (χ0n) is 13.9. The van der Waals surface area contributed by atoms with Crippen LogP contribution in [0.1, 0.15) is 12.0 Å². The standard InChI is InChI=1S/C17H17ClFNO5S/c1-24-16-7-4-14(19)10-12(16)11-25-17(21)8-9-20-26(22,23)15-5-2-13(18)3-6-15/h2-7,10,20H,8-9,11H2,1H3. The lowest BCUT2D eigenvalue weighted by Gasteiger charge is -2.10. The van der Waals surface area contributed by atoms with E-state index in [2.05, 4.69) is 4.72 Å². The predicted octanol–water partition coefficient (Wildman–Crippen LogP) is 2.90. The van der Waals surface area contributed by atoms with E-state index in [-0.39, 0.29) is 24.5 Å². The van der Waals surface area contributed by atoms with E-state index in [1.165, 1.54) is 49.6 Å². The van der Waals surface area contributed by atoms with Crippen molar-refractivity contribution in [1.29, 1.82) is 0 Å². The SMILES string of the molecule is COc1ccc(F)cc1COC(=O)CCNS(=O)(=O)c1ccc(Cl)cc1. The second-order valence-electron chi connectivity index (χ2n) is 5.22. The third-order valence-corrected chi connectivity index (χ3v) is 5.11. The third kappa shape index (κ3) is 5.69. The molecule has 0 aromatic heterocycles. The van der Waals surface area contributed by atoms with Gasteiger partial charge in [-0.3, -0.25) is 4.79 Å². The van der Waals surface area contributed by atoms with Gasteiger partial charge < -0.3 is 9.47 Å². The number of ether oxygens (including phenoxy) is 2. The minimum atomic E-state index is -3.74. The van der Waals surface area contributed by atoms with E-state index in [0.717, 1.165) is 0 Å². The first-order valence-electron chi connectivity index (χ1n) is 7.55. The van der Waals surface area contributed by atoms with E-state index < -0.39 is 21.8 Å². The molecule has 0 radical (unpaired) electrons. The summed E-state index contributed by atoms with van der Waals surface area (Å²) in [6.45, 7) is -0.312. The zero-order valence-corrected chi connectivity index (χ0v) is 15.4. The highest BCUT2D eigenvalue weighted by Gasteiger charge is 2.15. The minimum Gasteiger partial charge on any atom is -0.496 e. The molecule has 0 atom stereocenters. The quantitative estimate of drug-likeness (QED) is 0.688. The Kier molecular flexibility index (Phi) is 6.96. The van der Waals surface area contributed by atoms with Crippen molar-refractivity contribution in [3.63, 3.8) is 0 Å². The summed E-state index contributed by atoms with van der Waals surface area (Å²) in [5.74, 6) is -0.717. The number of sulfonamides is 1. The molecule has 9 heteroatoms. The summed E-state index contributed by atoms with van der Waals surface area (Å²) in [6, 6.07) is 9.50. The van der Waals surface area contributed by atoms with Crippen LogP contribution in [-0.2, 0) is 26.2 Å². The van der Waals surface area contributed by atoms with Gasteiger partial charge in [-0.2, -0.15) is 0 Å². The van der Waals surface area contributed by atoms with E-state index in [1.807, 2.05) is 0 Å². The summed E-state index contributed by atoms with van der Waals surface area (Å²) in [5.41, 5.74) is 0.377. The molecule has 0 aliphatic carbocycles. The molecule has 0 saturated heterocycles. The van der Waals surface area contributed by atoms with Gasteiger partial charge in [0.15, 0.2) is 0 Å². The average Bonchev–Trinajstić information content (AvgIpc) is 2.60. The zero-order chi connectivity index (χ0) is 19.2. The molecule has 0 amide bonds. The van der Waals surface area contributed by atoms with Gasteiger partial charge in [-0.05, 0) is 42.5 Å². The topological polar surface area (TPSA) is 81.7 Å². The van der Waals surface area contributed by atoms with Gasteiger partial charge in [-0.1, -0.05) is 11.6 Å². The van der Waals surface area contributed by atoms with Crippen LogP contribution in [0.25, 0.3) is 0 Å². The predicted molar refractivity (Wildman–Crippen MR) is 94.0 cm³/mol. The van der Waals surface area contributed by atoms with Gasteiger partial charge >= 0.3 is 5.97 Å². The van der Waals surface area contributed by atoms with E-state index in [0.29, 0.717) is 16.3 Å². The fourth-order valence-electron chi connectivity index (χ4n) is 2.07. The van der Waals surface area contributed by atoms with Crippen molar-refractivity contribution in [3.05, 3.63) is 58.9 Å². The van der Waals surface area contributed by atoms with Crippen LogP contribution in [0, 0.1) is 5.82 Å². The Bertz CT molecular complexity index is 871. The third-order valence-electron chi connectivity index (χ3n) is 3.38. The van der Waals surface area contributed by atoms with E-state index >= 15 is 0 Å². The molecule has 1 N–H and O–H groups in total. The molecule has 2 aromatic carbocycles. The first-order chi connectivity index (χ1) is 12.3. The molecule has 0 saturated carbocycles. The molecule has 140 valence electrons. The van der Waals surface area contributed by atoms with Gasteiger partial charge in [0.1, 0.15) is 18.2 Å². The number of hydrogen-bond acceptors (Lipinski definition) is 5. The fraction of sp³-hybridized carbons (Fsp3) is 0.235. The Balaban J connectivity index is 1.84. The van der Waals surface area contributed by atoms with Gasteiger partial charge in [-0.25, -0.2) is 17.5 Å². The Morgan fingerprint density at radius 1 is 1.19 bits per heavy atom. The molecule has 0 fully saturated rings. The summed E-state index contributed by atoms with van der Waals surface area (Å²) in [5, 5.41) is 0.417. The second kappa shape index (κ2) is 8.98. The minimum absolute atomic E-state index is 0.0414. The number of esters is 1. The fourth-order valence-corrected chi connectivity index (χ4v) is 3.23. The Morgan fingerprint density at radius 2 is 1.88 bits per heavy atom. The van der Waals surface area contributed by atoms with Crippen LogP contribution in [0.5, 0.6) is 5.75 Å². The number of methoxy groups -OCH3 is 1. The Morgan fingerprint density at radius 3 is 2.54 bits per heavy atom. The maximum absolute atomic E-state index is 13.2. The molecule has 2 aromatic rings. The maximum Gasteiger partial charge on any atom is 0.307 e. The van der Waals surface area contributed by atoms with Crippen molar-refractivity contribution in [2.24, 2.45) is 0 Å². The number of benzene rings is 2. The van der Waals surface area contributed by atoms with Gasteiger partial charge in [0, 0.05) is 17.1 Å². The van der Waals surface area contributed by atoms with Crippen LogP contribution in [0.2, 0.25) is 5.02 Å². The van der Waals surface area contributed by atoms with Crippen molar-refractivity contribution in [3.8, 4) is 5.75 Å². The monoisotopic (exact) mass is 401 g/mol. The molecule has 26 heavy (non-hydrogen) atoms. The van der Waals surface area contributed by atoms with Crippen molar-refractivity contribution >= 4 is 27.6 Å². The Labute approximate surface area is 155 Å². The van der Waals surface area contributed by atoms with Crippen molar-refractivity contribution in [2.75, 3.05) is 13.7 Å². The molecular formula is C17H17ClFNO5S. The maximum atomic E-state index is 13.2. The molecule has 0 aliphatic heterocycles. The number of carbonyl (C=O) groups is 1. The van der Waals surface area contributed by atoms with Crippen molar-refractivity contribution < 1.29 is 27.1 Å². The summed E-state index contributed by atoms with van der Waals surface area (Å²) in [4.78, 5) is 11.8. The van der Waals surface area contributed by atoms with Gasteiger partial charge in [0.25, 0.3) is 0 Å². The molecule has 0 unspecified atom stereocenters. The molecule has 0 bridgehead atoms. The van der Waals surface area contributed by atoms with Gasteiger partial charge in [0.05, 0.1) is 18.4 Å². The molecule has 2 rings (SSSR count). The van der Waals surface area contributed by atoms with Crippen LogP contribution >= 0.6 is 11.6 Å². The first-order valence-corrected chi connectivity index (χ1v) is 9.41. The van der Waals surface area contributed by atoms with E-state index in [9.17, 15) is 17.6 Å². The molecular weight excluding hydrogens is 385 g/mol. The highest BCUT2D eigenvalue weighted by atomic mass is 35.5. The lowest BCUT2D eigenvalue weighted by Crippen LogP contribution is -2.26. The van der Waals surface area contributed by atoms with Crippen LogP contribution in [0.3, 0.4) is 0 Å². The lowest BCUT2D eigenvalue weighted by molar-refractivity contribution is -0.144. The number of nitrogens with one attached hydrogen (secondary N) is 1. The number of carbonyl (C=O) groups excluding carboxylic acids is 1. The molecule has 0 heterocycles. The van der Waals surface area contributed by atoms with Crippen LogP contribution in [0.15, 0.2) is 47.4 Å². The summed E-state index contributed by atoms with van der Waals surface area (Å²) in [6.07, 6.45) is -0.176. The lowest BCUT2D eigenvalue weighted by atomic mass is 10.2. The van der Waals surface area contributed by atoms with Crippen LogP contribution < -0.4 is 9.46 Å². The smallest absolute Gasteiger partial charge is 0.307 e. The normalized spacial score (nSPS) is 11.2. The van der Waals surface area contributed by atoms with Crippen molar-refractivity contribution in [1.82, 2.24) is 4.72 Å². The molecule has 6 nitrogen and oxygen atoms in total. The van der Waals surface area contributed by atoms with E-state index in [4.69, 9.17) is 21.1 Å². The van der Waals surface area contributed by atoms with E-state index in [1.54, 1.807) is 0 Å². The summed E-state index contributed by atoms with van der Waals surface area (Å²) in [7, 11) is -2.32. The largest absolute Gasteiger partial charge is 0.496 e. The number of hydrogen-bond donors (Lipinski definition) is 1. The molecule has 0 aliphatic rings. The van der Waals surface area contributed by atoms with Gasteiger partial charge in [0.2, 0.25) is 10.0 Å². The Hall–Kier alpha value is -2.16. The second-order valence-corrected chi connectivity index (χ2v) is 7.42. The van der Waals surface area contributed by atoms with Crippen LogP contribution in [-0.4, -0.2) is 28.0 Å². The molecule has 0 spiro atoms. The number of halogens is 2. The van der Waals surface area contributed by atoms with Crippen molar-refractivity contribution in [2.45, 2.75) is 17.9 Å². The van der Waals surface area contributed by atoms with Crippen LogP contribution in [0.4, 0.5) is 4.39 Å². The average molecular weight is 402 g/mol. The highest BCUT2D eigenvalue weighted by Crippen LogP contribution is 2.20. The number of rotatable bonds is 8. The van der Waals surface area contributed by atoms with Gasteiger partial charge in [-0.15, -0.1) is 0 Å². The summed E-state index contributed by atoms with van der Waals surface area (Å²) >= 11 is 5.72. The summed E-state index contributed by atoms with van der Waals surface area (Å²) < 4.78 is 49.7. The first kappa shape index (κ1) is 20.2. The highest BCUT2D eigenvalue weighted by molar-refractivity contribution is 7.89.